The van der Waals surface area contributed by atoms with Gasteiger partial charge in [-0.1, -0.05) is 145 Å². The van der Waals surface area contributed by atoms with Crippen molar-refractivity contribution in [1.29, 1.82) is 0 Å². The molecular weight excluding hydrogens is 803 g/mol. The number of nitrogens with zero attached hydrogens (tertiary/aromatic N) is 1. The van der Waals surface area contributed by atoms with Crippen LogP contribution in [0.25, 0.3) is 82.8 Å². The lowest BCUT2D eigenvalue weighted by atomic mass is 9.80. The molecule has 0 atom stereocenters. The molecule has 0 saturated carbocycles. The zero-order valence-electron chi connectivity index (χ0n) is 38.3. The summed E-state index contributed by atoms with van der Waals surface area (Å²) in [6.07, 6.45) is 6.91. The van der Waals surface area contributed by atoms with E-state index in [1.807, 2.05) is 0 Å². The van der Waals surface area contributed by atoms with Crippen molar-refractivity contribution in [3.8, 4) is 33.4 Å². The second kappa shape index (κ2) is 12.9. The number of hydrogen-bond donors (Lipinski definition) is 0. The van der Waals surface area contributed by atoms with Crippen molar-refractivity contribution in [1.82, 2.24) is 0 Å². The minimum absolute atomic E-state index is 0.0967. The first kappa shape index (κ1) is 38.0. The predicted molar refractivity (Wildman–Crippen MR) is 275 cm³/mol. The second-order valence-corrected chi connectivity index (χ2v) is 20.7. The highest BCUT2D eigenvalue weighted by molar-refractivity contribution is 6.23. The van der Waals surface area contributed by atoms with Gasteiger partial charge in [0.2, 0.25) is 0 Å². The molecule has 318 valence electrons. The molecule has 0 radical (unpaired) electrons. The van der Waals surface area contributed by atoms with E-state index in [0.29, 0.717) is 0 Å². The summed E-state index contributed by atoms with van der Waals surface area (Å²) in [5.41, 5.74) is 25.0. The van der Waals surface area contributed by atoms with Crippen molar-refractivity contribution in [2.24, 2.45) is 0 Å². The van der Waals surface area contributed by atoms with Gasteiger partial charge < -0.3 is 13.7 Å². The van der Waals surface area contributed by atoms with Crippen molar-refractivity contribution < 1.29 is 8.83 Å². The van der Waals surface area contributed by atoms with Gasteiger partial charge >= 0.3 is 0 Å². The van der Waals surface area contributed by atoms with Gasteiger partial charge in [0.15, 0.2) is 0 Å². The molecule has 8 aromatic carbocycles. The zero-order chi connectivity index (χ0) is 44.4. The molecule has 14 rings (SSSR count). The summed E-state index contributed by atoms with van der Waals surface area (Å²) >= 11 is 0. The van der Waals surface area contributed by atoms with E-state index in [1.54, 1.807) is 0 Å². The Labute approximate surface area is 385 Å². The van der Waals surface area contributed by atoms with Crippen LogP contribution in [0.5, 0.6) is 0 Å². The van der Waals surface area contributed by atoms with E-state index in [4.69, 9.17) is 8.83 Å². The van der Waals surface area contributed by atoms with E-state index >= 15 is 0 Å². The Morgan fingerprint density at radius 2 is 1.03 bits per heavy atom. The minimum atomic E-state index is -0.145. The number of fused-ring (bicyclic) bond motifs is 14. The summed E-state index contributed by atoms with van der Waals surface area (Å²) in [7, 11) is 0. The molecule has 0 bridgehead atoms. The van der Waals surface area contributed by atoms with Crippen LogP contribution >= 0.6 is 0 Å². The first-order valence-electron chi connectivity index (χ1n) is 23.6. The quantitative estimate of drug-likeness (QED) is 0.177. The van der Waals surface area contributed by atoms with E-state index in [-0.39, 0.29) is 16.2 Å². The predicted octanol–water partition coefficient (Wildman–Crippen LogP) is 17.6. The number of furan rings is 2. The largest absolute Gasteiger partial charge is 0.456 e. The molecule has 10 aromatic rings. The topological polar surface area (TPSA) is 29.5 Å². The van der Waals surface area contributed by atoms with Gasteiger partial charge in [-0.3, -0.25) is 0 Å². The van der Waals surface area contributed by atoms with Crippen LogP contribution in [0, 0.1) is 0 Å². The molecule has 2 aromatic heterocycles. The third-order valence-corrected chi connectivity index (χ3v) is 16.1. The number of allylic oxidation sites excluding steroid dienone is 4. The molecule has 0 unspecified atom stereocenters. The van der Waals surface area contributed by atoms with E-state index in [9.17, 15) is 0 Å². The van der Waals surface area contributed by atoms with Crippen LogP contribution in [0.2, 0.25) is 0 Å². The minimum Gasteiger partial charge on any atom is -0.456 e. The van der Waals surface area contributed by atoms with Crippen molar-refractivity contribution in [2.75, 3.05) is 4.90 Å². The molecule has 4 aliphatic carbocycles. The average molecular weight is 852 g/mol. The molecule has 0 spiro atoms. The Bertz CT molecular complexity index is 3860. The highest BCUT2D eigenvalue weighted by Gasteiger charge is 2.40. The van der Waals surface area contributed by atoms with Gasteiger partial charge in [-0.2, -0.15) is 0 Å². The Kier molecular flexibility index (Phi) is 7.43. The number of para-hydroxylation sites is 1. The summed E-state index contributed by atoms with van der Waals surface area (Å²) < 4.78 is 14.0. The number of hydrogen-bond acceptors (Lipinski definition) is 3. The standard InChI is InChI=1S/C63H49NO2/c1-61(2)49-19-11-7-15-40(49)43-27-23-36(31-52(43)61)58-59-47-18-10-14-22-55(47)65-57(59)35-48-46-30-26-39(34-56(46)66-60(48)58)64(37-24-28-44-41-16-8-12-20-50(41)62(3,4)53(44)32-37)38-25-29-45-42-17-9-13-21-51(42)63(5,6)54(45)33-38/h7-8,10-16,18-35H,9,17H2,1-6H3. The van der Waals surface area contributed by atoms with E-state index in [1.165, 1.54) is 66.8 Å². The van der Waals surface area contributed by atoms with Gasteiger partial charge in [0.25, 0.3) is 0 Å². The van der Waals surface area contributed by atoms with Crippen LogP contribution in [0.1, 0.15) is 87.8 Å². The number of rotatable bonds is 4. The fraction of sp³-hybridized carbons (Fsp3) is 0.175. The van der Waals surface area contributed by atoms with Crippen molar-refractivity contribution in [2.45, 2.75) is 70.6 Å². The summed E-state index contributed by atoms with van der Waals surface area (Å²) in [6.45, 7) is 14.2. The molecule has 0 N–H and O–H groups in total. The first-order chi connectivity index (χ1) is 32.0. The molecule has 66 heavy (non-hydrogen) atoms. The van der Waals surface area contributed by atoms with Crippen LogP contribution < -0.4 is 4.90 Å². The molecule has 0 saturated heterocycles. The molecule has 4 aliphatic rings. The lowest BCUT2D eigenvalue weighted by molar-refractivity contribution is 0.651. The van der Waals surface area contributed by atoms with Crippen molar-refractivity contribution >= 4 is 66.5 Å². The molecule has 2 heterocycles. The lowest BCUT2D eigenvalue weighted by Gasteiger charge is -2.30. The Morgan fingerprint density at radius 1 is 0.439 bits per heavy atom. The molecule has 3 heteroatoms. The summed E-state index contributed by atoms with van der Waals surface area (Å²) in [4.78, 5) is 2.45. The first-order valence-corrected chi connectivity index (χ1v) is 23.6. The SMILES string of the molecule is CC1(C)C2=C(CCC=C2)c2ccc(N(c3ccc4c(c3)C(C)(C)c3ccccc3-4)c3ccc4c(c3)oc3c(-c5ccc6c(c5)C(C)(C)c5ccccc5-6)c5c(cc34)oc3ccccc35)cc21. The summed E-state index contributed by atoms with van der Waals surface area (Å²) in [6, 6.07) is 56.5. The summed E-state index contributed by atoms with van der Waals surface area (Å²) in [5, 5.41) is 4.29. The van der Waals surface area contributed by atoms with Crippen LogP contribution in [0.15, 0.2) is 178 Å². The number of anilines is 3. The Morgan fingerprint density at radius 3 is 1.77 bits per heavy atom. The summed E-state index contributed by atoms with van der Waals surface area (Å²) in [5.74, 6) is 0. The fourth-order valence-corrected chi connectivity index (χ4v) is 12.8. The van der Waals surface area contributed by atoms with Gasteiger partial charge in [0.1, 0.15) is 22.3 Å². The molecular formula is C63H49NO2. The molecule has 0 fully saturated rings. The van der Waals surface area contributed by atoms with Gasteiger partial charge in [-0.15, -0.1) is 0 Å². The van der Waals surface area contributed by atoms with Gasteiger partial charge in [-0.05, 0) is 140 Å². The van der Waals surface area contributed by atoms with E-state index in [2.05, 4.69) is 210 Å². The average Bonchev–Trinajstić information content (AvgIpc) is 4.07. The molecule has 0 amide bonds. The fourth-order valence-electron chi connectivity index (χ4n) is 12.8. The second-order valence-electron chi connectivity index (χ2n) is 20.7. The maximum absolute atomic E-state index is 7.30. The number of benzene rings is 8. The van der Waals surface area contributed by atoms with Crippen molar-refractivity contribution in [3.05, 3.63) is 203 Å². The van der Waals surface area contributed by atoms with Gasteiger partial charge in [0.05, 0.1) is 0 Å². The lowest BCUT2D eigenvalue weighted by Crippen LogP contribution is -2.18. The van der Waals surface area contributed by atoms with Crippen molar-refractivity contribution in [3.63, 3.8) is 0 Å². The highest BCUT2D eigenvalue weighted by Crippen LogP contribution is 2.55. The zero-order valence-corrected chi connectivity index (χ0v) is 38.3. The Hall–Kier alpha value is -7.36. The third kappa shape index (κ3) is 4.93. The monoisotopic (exact) mass is 851 g/mol. The van der Waals surface area contributed by atoms with Gasteiger partial charge in [0, 0.05) is 66.5 Å². The van der Waals surface area contributed by atoms with Crippen LogP contribution in [-0.2, 0) is 16.2 Å². The van der Waals surface area contributed by atoms with Crippen LogP contribution in [0.3, 0.4) is 0 Å². The van der Waals surface area contributed by atoms with Gasteiger partial charge in [-0.25, -0.2) is 0 Å². The molecule has 0 aliphatic heterocycles. The maximum atomic E-state index is 7.30. The van der Waals surface area contributed by atoms with Crippen LogP contribution in [0.4, 0.5) is 17.1 Å². The van der Waals surface area contributed by atoms with E-state index < -0.39 is 0 Å². The van der Waals surface area contributed by atoms with E-state index in [0.717, 1.165) is 84.9 Å². The highest BCUT2D eigenvalue weighted by atomic mass is 16.3. The Balaban J connectivity index is 0.990. The molecule has 3 nitrogen and oxygen atoms in total. The van der Waals surface area contributed by atoms with Crippen LogP contribution in [-0.4, -0.2) is 0 Å². The smallest absolute Gasteiger partial charge is 0.144 e. The third-order valence-electron chi connectivity index (χ3n) is 16.1. The normalized spacial score (nSPS) is 16.8. The maximum Gasteiger partial charge on any atom is 0.144 e.